The minimum Gasteiger partial charge on any atom is -0.507 e. The van der Waals surface area contributed by atoms with E-state index in [-0.39, 0.29) is 36.1 Å². The summed E-state index contributed by atoms with van der Waals surface area (Å²) in [4.78, 5) is 12.9. The zero-order valence-electron chi connectivity index (χ0n) is 17.5. The molecule has 2 heterocycles. The fourth-order valence-corrected chi connectivity index (χ4v) is 3.81. The Bertz CT molecular complexity index is 903. The lowest BCUT2D eigenvalue weighted by atomic mass is 10.0. The van der Waals surface area contributed by atoms with Crippen molar-refractivity contribution in [3.05, 3.63) is 47.5 Å². The highest BCUT2D eigenvalue weighted by Crippen LogP contribution is 2.29. The van der Waals surface area contributed by atoms with Crippen molar-refractivity contribution in [3.8, 4) is 17.2 Å². The van der Waals surface area contributed by atoms with Crippen molar-refractivity contribution in [1.82, 2.24) is 0 Å². The van der Waals surface area contributed by atoms with Crippen LogP contribution in [0.15, 0.2) is 36.4 Å². The van der Waals surface area contributed by atoms with E-state index in [0.717, 1.165) is 44.1 Å². The normalized spacial score (nSPS) is 21.4. The SMILES string of the molecule is Nc1cc(CC(=O)c2cc(OC3CCCCO3)ccc2O)ccc1OC1CCCCO1. The molecule has 0 saturated carbocycles. The highest BCUT2D eigenvalue weighted by Gasteiger charge is 2.19. The van der Waals surface area contributed by atoms with Gasteiger partial charge in [-0.25, -0.2) is 0 Å². The molecule has 0 bridgehead atoms. The van der Waals surface area contributed by atoms with Gasteiger partial charge in [0, 0.05) is 19.3 Å². The van der Waals surface area contributed by atoms with E-state index in [9.17, 15) is 9.90 Å². The van der Waals surface area contributed by atoms with Crippen molar-refractivity contribution in [2.75, 3.05) is 18.9 Å². The van der Waals surface area contributed by atoms with Crippen molar-refractivity contribution in [2.45, 2.75) is 57.5 Å². The Labute approximate surface area is 182 Å². The van der Waals surface area contributed by atoms with Gasteiger partial charge in [-0.05, 0) is 61.6 Å². The third kappa shape index (κ3) is 5.68. The molecule has 2 aliphatic rings. The average molecular weight is 427 g/mol. The highest BCUT2D eigenvalue weighted by molar-refractivity contribution is 6.00. The molecule has 7 nitrogen and oxygen atoms in total. The summed E-state index contributed by atoms with van der Waals surface area (Å²) in [6, 6.07) is 9.97. The van der Waals surface area contributed by atoms with Crippen LogP contribution in [0.5, 0.6) is 17.2 Å². The largest absolute Gasteiger partial charge is 0.507 e. The van der Waals surface area contributed by atoms with Crippen LogP contribution in [0.4, 0.5) is 5.69 Å². The van der Waals surface area contributed by atoms with Crippen molar-refractivity contribution >= 4 is 11.5 Å². The minimum absolute atomic E-state index is 0.0794. The number of ketones is 1. The zero-order valence-corrected chi connectivity index (χ0v) is 17.5. The minimum atomic E-state index is -0.318. The van der Waals surface area contributed by atoms with Gasteiger partial charge in [0.2, 0.25) is 0 Å². The fraction of sp³-hybridized carbons (Fsp3) is 0.458. The maximum absolute atomic E-state index is 12.9. The van der Waals surface area contributed by atoms with Crippen molar-refractivity contribution in [3.63, 3.8) is 0 Å². The van der Waals surface area contributed by atoms with Crippen LogP contribution in [0.3, 0.4) is 0 Å². The van der Waals surface area contributed by atoms with E-state index in [1.54, 1.807) is 30.3 Å². The number of benzene rings is 2. The predicted octanol–water partition coefficient (Wildman–Crippen LogP) is 4.21. The van der Waals surface area contributed by atoms with Crippen LogP contribution in [0.1, 0.15) is 54.4 Å². The number of hydrogen-bond donors (Lipinski definition) is 2. The van der Waals surface area contributed by atoms with Crippen LogP contribution in [0, 0.1) is 0 Å². The third-order valence-corrected chi connectivity index (χ3v) is 5.51. The summed E-state index contributed by atoms with van der Waals surface area (Å²) in [5, 5.41) is 10.2. The molecule has 0 radical (unpaired) electrons. The first kappa shape index (κ1) is 21.5. The number of aromatic hydroxyl groups is 1. The van der Waals surface area contributed by atoms with E-state index >= 15 is 0 Å². The summed E-state index contributed by atoms with van der Waals surface area (Å²) in [7, 11) is 0. The van der Waals surface area contributed by atoms with Gasteiger partial charge in [-0.2, -0.15) is 0 Å². The summed E-state index contributed by atoms with van der Waals surface area (Å²) >= 11 is 0. The smallest absolute Gasteiger partial charge is 0.199 e. The molecule has 0 amide bonds. The van der Waals surface area contributed by atoms with Gasteiger partial charge in [0.25, 0.3) is 0 Å². The maximum Gasteiger partial charge on any atom is 0.199 e. The Kier molecular flexibility index (Phi) is 6.94. The van der Waals surface area contributed by atoms with Crippen molar-refractivity contribution in [2.24, 2.45) is 0 Å². The van der Waals surface area contributed by atoms with Gasteiger partial charge in [-0.3, -0.25) is 4.79 Å². The Morgan fingerprint density at radius 1 is 0.968 bits per heavy atom. The second kappa shape index (κ2) is 10.0. The first-order chi connectivity index (χ1) is 15.1. The van der Waals surface area contributed by atoms with E-state index < -0.39 is 0 Å². The predicted molar refractivity (Wildman–Crippen MR) is 115 cm³/mol. The molecule has 2 saturated heterocycles. The van der Waals surface area contributed by atoms with Gasteiger partial charge in [0.15, 0.2) is 18.4 Å². The summed E-state index contributed by atoms with van der Waals surface area (Å²) in [5.41, 5.74) is 7.54. The second-order valence-electron chi connectivity index (χ2n) is 7.98. The van der Waals surface area contributed by atoms with Crippen LogP contribution in [-0.2, 0) is 15.9 Å². The summed E-state index contributed by atoms with van der Waals surface area (Å²) in [6.45, 7) is 1.36. The molecule has 0 spiro atoms. The summed E-state index contributed by atoms with van der Waals surface area (Å²) in [5.74, 6) is 0.748. The lowest BCUT2D eigenvalue weighted by Crippen LogP contribution is -2.25. The molecular formula is C24H29NO6. The molecule has 2 fully saturated rings. The Morgan fingerprint density at radius 2 is 1.68 bits per heavy atom. The number of hydrogen-bond acceptors (Lipinski definition) is 7. The van der Waals surface area contributed by atoms with Gasteiger partial charge < -0.3 is 29.8 Å². The molecule has 2 atom stereocenters. The van der Waals surface area contributed by atoms with E-state index in [2.05, 4.69) is 0 Å². The van der Waals surface area contributed by atoms with Crippen LogP contribution in [-0.4, -0.2) is 36.7 Å². The van der Waals surface area contributed by atoms with Crippen LogP contribution < -0.4 is 15.2 Å². The van der Waals surface area contributed by atoms with Gasteiger partial charge in [0.1, 0.15) is 17.2 Å². The van der Waals surface area contributed by atoms with Gasteiger partial charge in [-0.15, -0.1) is 0 Å². The van der Waals surface area contributed by atoms with Crippen LogP contribution in [0.2, 0.25) is 0 Å². The molecule has 2 aromatic carbocycles. The Balaban J connectivity index is 1.41. The van der Waals surface area contributed by atoms with Crippen molar-refractivity contribution in [1.29, 1.82) is 0 Å². The quantitative estimate of drug-likeness (QED) is 0.504. The lowest BCUT2D eigenvalue weighted by Gasteiger charge is -2.24. The summed E-state index contributed by atoms with van der Waals surface area (Å²) < 4.78 is 22.8. The van der Waals surface area contributed by atoms with E-state index in [4.69, 9.17) is 24.7 Å². The van der Waals surface area contributed by atoms with Gasteiger partial charge in [-0.1, -0.05) is 6.07 Å². The Morgan fingerprint density at radius 3 is 2.32 bits per heavy atom. The summed E-state index contributed by atoms with van der Waals surface area (Å²) in [6.07, 6.45) is 5.33. The number of Topliss-reactive ketones (excluding diaryl/α,β-unsaturated/α-hetero) is 1. The van der Waals surface area contributed by atoms with Gasteiger partial charge >= 0.3 is 0 Å². The Hall–Kier alpha value is -2.77. The molecule has 4 rings (SSSR count). The molecule has 166 valence electrons. The number of ether oxygens (including phenoxy) is 4. The molecule has 0 aromatic heterocycles. The molecule has 3 N–H and O–H groups in total. The number of nitrogens with two attached hydrogens (primary N) is 1. The number of carbonyl (C=O) groups is 1. The van der Waals surface area contributed by atoms with E-state index in [1.165, 1.54) is 6.07 Å². The lowest BCUT2D eigenvalue weighted by molar-refractivity contribution is -0.106. The number of nitrogen functional groups attached to an aromatic ring is 1. The first-order valence-corrected chi connectivity index (χ1v) is 10.9. The molecular weight excluding hydrogens is 398 g/mol. The molecule has 0 aliphatic carbocycles. The topological polar surface area (TPSA) is 100 Å². The average Bonchev–Trinajstić information content (AvgIpc) is 2.78. The molecule has 2 aromatic rings. The highest BCUT2D eigenvalue weighted by atomic mass is 16.7. The standard InChI is InChI=1S/C24H29NO6/c25-19-13-16(7-10-22(19)31-24-6-2-4-12-29-24)14-21(27)18-15-17(8-9-20(18)26)30-23-5-1-3-11-28-23/h7-10,13,15,23-24,26H,1-6,11-12,14,25H2. The molecule has 31 heavy (non-hydrogen) atoms. The van der Waals surface area contributed by atoms with Crippen molar-refractivity contribution < 1.29 is 28.8 Å². The first-order valence-electron chi connectivity index (χ1n) is 10.9. The fourth-order valence-electron chi connectivity index (χ4n) is 3.81. The number of phenolic OH excluding ortho intramolecular Hbond substituents is 1. The van der Waals surface area contributed by atoms with Crippen LogP contribution in [0.25, 0.3) is 0 Å². The van der Waals surface area contributed by atoms with E-state index in [0.29, 0.717) is 30.4 Å². The molecule has 7 heteroatoms. The van der Waals surface area contributed by atoms with Gasteiger partial charge in [0.05, 0.1) is 24.5 Å². The number of phenols is 1. The monoisotopic (exact) mass is 427 g/mol. The molecule has 2 aliphatic heterocycles. The third-order valence-electron chi connectivity index (χ3n) is 5.51. The molecule has 2 unspecified atom stereocenters. The van der Waals surface area contributed by atoms with E-state index in [1.807, 2.05) is 0 Å². The second-order valence-corrected chi connectivity index (χ2v) is 7.98. The maximum atomic E-state index is 12.9. The number of carbonyl (C=O) groups excluding carboxylic acids is 1. The van der Waals surface area contributed by atoms with Crippen LogP contribution >= 0.6 is 0 Å². The number of anilines is 1. The number of rotatable bonds is 7. The zero-order chi connectivity index (χ0) is 21.6.